The quantitative estimate of drug-likeness (QED) is 0.667. The third-order valence-electron chi connectivity index (χ3n) is 4.11. The first-order valence-corrected chi connectivity index (χ1v) is 8.15. The number of hydrogen-bond donors (Lipinski definition) is 1. The summed E-state index contributed by atoms with van der Waals surface area (Å²) in [5.74, 6) is 0.981. The predicted molar refractivity (Wildman–Crippen MR) is 83.4 cm³/mol. The number of rotatable bonds is 9. The molecular weight excluding hydrogens is 230 g/mol. The van der Waals surface area contributed by atoms with E-state index in [1.54, 1.807) is 0 Å². The summed E-state index contributed by atoms with van der Waals surface area (Å²) in [6, 6.07) is 9.94. The van der Waals surface area contributed by atoms with Crippen molar-refractivity contribution in [1.82, 2.24) is 5.32 Å². The van der Waals surface area contributed by atoms with Gasteiger partial charge in [0.05, 0.1) is 0 Å². The summed E-state index contributed by atoms with van der Waals surface area (Å²) in [7, 11) is 0. The molecule has 1 nitrogen and oxygen atoms in total. The lowest BCUT2D eigenvalue weighted by molar-refractivity contribution is 0.474. The number of unbranched alkanes of at least 4 members (excludes halogenated alkanes) is 1. The van der Waals surface area contributed by atoms with E-state index < -0.39 is 0 Å². The van der Waals surface area contributed by atoms with Gasteiger partial charge in [-0.1, -0.05) is 57.4 Å². The molecule has 1 atom stereocenters. The summed E-state index contributed by atoms with van der Waals surface area (Å²) in [5.41, 5.74) is 2.98. The minimum atomic E-state index is 0.577. The van der Waals surface area contributed by atoms with Crippen molar-refractivity contribution in [3.63, 3.8) is 0 Å². The fourth-order valence-corrected chi connectivity index (χ4v) is 2.64. The van der Waals surface area contributed by atoms with Gasteiger partial charge in [0.15, 0.2) is 0 Å². The largest absolute Gasteiger partial charge is 0.310 e. The highest BCUT2D eigenvalue weighted by atomic mass is 14.9. The highest BCUT2D eigenvalue weighted by Gasteiger charge is 2.25. The van der Waals surface area contributed by atoms with Crippen molar-refractivity contribution in [2.45, 2.75) is 64.8 Å². The Kier molecular flexibility index (Phi) is 5.91. The number of aryl methyl sites for hydroxylation is 1. The van der Waals surface area contributed by atoms with Gasteiger partial charge < -0.3 is 5.32 Å². The smallest absolute Gasteiger partial charge is 0.0322 e. The Morgan fingerprint density at radius 2 is 1.84 bits per heavy atom. The normalized spacial score (nSPS) is 16.5. The van der Waals surface area contributed by atoms with E-state index in [4.69, 9.17) is 0 Å². The molecule has 0 amide bonds. The van der Waals surface area contributed by atoms with Crippen LogP contribution in [0.1, 0.15) is 69.5 Å². The van der Waals surface area contributed by atoms with Gasteiger partial charge >= 0.3 is 0 Å². The molecule has 106 valence electrons. The minimum absolute atomic E-state index is 0.577. The molecule has 1 aromatic carbocycles. The van der Waals surface area contributed by atoms with Crippen molar-refractivity contribution in [3.05, 3.63) is 35.4 Å². The maximum Gasteiger partial charge on any atom is 0.0322 e. The van der Waals surface area contributed by atoms with Gasteiger partial charge in [-0.2, -0.15) is 0 Å². The van der Waals surface area contributed by atoms with Gasteiger partial charge in [0.2, 0.25) is 0 Å². The van der Waals surface area contributed by atoms with E-state index in [0.717, 1.165) is 12.5 Å². The summed E-state index contributed by atoms with van der Waals surface area (Å²) in [6.07, 6.45) is 9.25. The van der Waals surface area contributed by atoms with E-state index in [1.165, 1.54) is 56.1 Å². The van der Waals surface area contributed by atoms with Crippen molar-refractivity contribution in [2.24, 2.45) is 5.92 Å². The van der Waals surface area contributed by atoms with Gasteiger partial charge in [0, 0.05) is 6.04 Å². The molecule has 1 heteroatoms. The van der Waals surface area contributed by atoms with Gasteiger partial charge in [-0.05, 0) is 49.3 Å². The Hall–Kier alpha value is -0.820. The maximum atomic E-state index is 3.72. The lowest BCUT2D eigenvalue weighted by Gasteiger charge is -2.19. The fraction of sp³-hybridized carbons (Fsp3) is 0.667. The van der Waals surface area contributed by atoms with Crippen LogP contribution < -0.4 is 5.32 Å². The van der Waals surface area contributed by atoms with E-state index in [1.807, 2.05) is 0 Å². The molecule has 0 radical (unpaired) electrons. The SMILES string of the molecule is CCCCc1ccc(C(CC2CC2)NCCC)cc1. The number of benzene rings is 1. The van der Waals surface area contributed by atoms with Gasteiger partial charge in [0.25, 0.3) is 0 Å². The first kappa shape index (κ1) is 14.6. The molecule has 1 N–H and O–H groups in total. The molecule has 1 aliphatic rings. The zero-order valence-electron chi connectivity index (χ0n) is 12.6. The monoisotopic (exact) mass is 259 g/mol. The highest BCUT2D eigenvalue weighted by molar-refractivity contribution is 5.25. The van der Waals surface area contributed by atoms with Gasteiger partial charge in [0.1, 0.15) is 0 Å². The topological polar surface area (TPSA) is 12.0 Å². The third kappa shape index (κ3) is 4.99. The van der Waals surface area contributed by atoms with Crippen LogP contribution in [0.2, 0.25) is 0 Å². The fourth-order valence-electron chi connectivity index (χ4n) is 2.64. The molecule has 0 aliphatic heterocycles. The van der Waals surface area contributed by atoms with Crippen LogP contribution in [-0.2, 0) is 6.42 Å². The molecular formula is C18H29N. The lowest BCUT2D eigenvalue weighted by atomic mass is 9.98. The Labute approximate surface area is 118 Å². The Morgan fingerprint density at radius 3 is 2.42 bits per heavy atom. The van der Waals surface area contributed by atoms with E-state index >= 15 is 0 Å². The molecule has 0 aromatic heterocycles. The molecule has 0 bridgehead atoms. The first-order valence-electron chi connectivity index (χ1n) is 8.15. The molecule has 0 heterocycles. The Balaban J connectivity index is 1.94. The van der Waals surface area contributed by atoms with Gasteiger partial charge in [-0.15, -0.1) is 0 Å². The maximum absolute atomic E-state index is 3.72. The third-order valence-corrected chi connectivity index (χ3v) is 4.11. The van der Waals surface area contributed by atoms with Crippen LogP contribution in [0.4, 0.5) is 0 Å². The van der Waals surface area contributed by atoms with Crippen LogP contribution in [-0.4, -0.2) is 6.54 Å². The average Bonchev–Trinajstić information content (AvgIpc) is 3.26. The number of nitrogens with one attached hydrogen (secondary N) is 1. The minimum Gasteiger partial charge on any atom is -0.310 e. The van der Waals surface area contributed by atoms with Crippen molar-refractivity contribution in [2.75, 3.05) is 6.54 Å². The predicted octanol–water partition coefficient (Wildman–Crippen LogP) is 4.87. The van der Waals surface area contributed by atoms with Crippen LogP contribution in [0, 0.1) is 5.92 Å². The van der Waals surface area contributed by atoms with Crippen LogP contribution in [0.3, 0.4) is 0 Å². The molecule has 1 aliphatic carbocycles. The second-order valence-electron chi connectivity index (χ2n) is 6.03. The molecule has 1 saturated carbocycles. The summed E-state index contributed by atoms with van der Waals surface area (Å²) in [4.78, 5) is 0. The van der Waals surface area contributed by atoms with Crippen LogP contribution >= 0.6 is 0 Å². The summed E-state index contributed by atoms with van der Waals surface area (Å²) in [5, 5.41) is 3.72. The van der Waals surface area contributed by atoms with Crippen LogP contribution in [0.25, 0.3) is 0 Å². The zero-order valence-corrected chi connectivity index (χ0v) is 12.6. The summed E-state index contributed by atoms with van der Waals surface area (Å²) in [6.45, 7) is 5.64. The van der Waals surface area contributed by atoms with E-state index in [2.05, 4.69) is 43.4 Å². The summed E-state index contributed by atoms with van der Waals surface area (Å²) >= 11 is 0. The van der Waals surface area contributed by atoms with Gasteiger partial charge in [-0.3, -0.25) is 0 Å². The molecule has 1 unspecified atom stereocenters. The zero-order chi connectivity index (χ0) is 13.5. The highest BCUT2D eigenvalue weighted by Crippen LogP contribution is 2.37. The molecule has 1 fully saturated rings. The standard InChI is InChI=1S/C18H29N/c1-3-5-6-15-9-11-17(12-10-15)18(19-13-4-2)14-16-7-8-16/h9-12,16,18-19H,3-8,13-14H2,1-2H3. The average molecular weight is 259 g/mol. The molecule has 2 rings (SSSR count). The molecule has 19 heavy (non-hydrogen) atoms. The van der Waals surface area contributed by atoms with Crippen LogP contribution in [0.5, 0.6) is 0 Å². The van der Waals surface area contributed by atoms with E-state index in [-0.39, 0.29) is 0 Å². The Bertz CT molecular complexity index is 350. The lowest BCUT2D eigenvalue weighted by Crippen LogP contribution is -2.22. The van der Waals surface area contributed by atoms with Crippen LogP contribution in [0.15, 0.2) is 24.3 Å². The van der Waals surface area contributed by atoms with E-state index in [9.17, 15) is 0 Å². The second-order valence-corrected chi connectivity index (χ2v) is 6.03. The second kappa shape index (κ2) is 7.69. The number of hydrogen-bond acceptors (Lipinski definition) is 1. The van der Waals surface area contributed by atoms with Crippen molar-refractivity contribution in [3.8, 4) is 0 Å². The van der Waals surface area contributed by atoms with Crippen molar-refractivity contribution in [1.29, 1.82) is 0 Å². The summed E-state index contributed by atoms with van der Waals surface area (Å²) < 4.78 is 0. The molecule has 0 spiro atoms. The molecule has 0 saturated heterocycles. The van der Waals surface area contributed by atoms with Crippen molar-refractivity contribution >= 4 is 0 Å². The van der Waals surface area contributed by atoms with Crippen molar-refractivity contribution < 1.29 is 0 Å². The van der Waals surface area contributed by atoms with Gasteiger partial charge in [-0.25, -0.2) is 0 Å². The molecule has 1 aromatic rings. The first-order chi connectivity index (χ1) is 9.33. The Morgan fingerprint density at radius 1 is 1.11 bits per heavy atom. The van der Waals surface area contributed by atoms with E-state index in [0.29, 0.717) is 6.04 Å².